The molecule has 31 heavy (non-hydrogen) atoms. The Hall–Kier alpha value is -2.62. The summed E-state index contributed by atoms with van der Waals surface area (Å²) in [5, 5.41) is 2.76. The molecule has 0 spiro atoms. The molecule has 0 atom stereocenters. The highest BCUT2D eigenvalue weighted by Crippen LogP contribution is 2.25. The van der Waals surface area contributed by atoms with Crippen LogP contribution in [-0.2, 0) is 19.6 Å². The molecule has 0 aliphatic heterocycles. The highest BCUT2D eigenvalue weighted by Gasteiger charge is 2.25. The number of anilines is 1. The van der Waals surface area contributed by atoms with Crippen LogP contribution in [-0.4, -0.2) is 50.9 Å². The minimum Gasteiger partial charge on any atom is -0.482 e. The predicted octanol–water partition coefficient (Wildman–Crippen LogP) is 3.56. The molecule has 0 saturated carbocycles. The standard InChI is InChI=1S/C21H25ClN2O6S/c1-5-29-20(25)13-30-16-8-6-7-15(11-16)23-21(26)18-12-17(9-10-19(18)22)31(27,28)24(4)14(2)3/h6-12,14H,5,13H2,1-4H3,(H,23,26). The van der Waals surface area contributed by atoms with Crippen molar-refractivity contribution in [3.05, 3.63) is 53.1 Å². The maximum atomic E-state index is 12.8. The van der Waals surface area contributed by atoms with Gasteiger partial charge in [-0.25, -0.2) is 13.2 Å². The Bertz CT molecular complexity index is 1060. The molecular weight excluding hydrogens is 444 g/mol. The first-order valence-electron chi connectivity index (χ1n) is 9.53. The average Bonchev–Trinajstić information content (AvgIpc) is 2.72. The number of amides is 1. The fraction of sp³-hybridized carbons (Fsp3) is 0.333. The summed E-state index contributed by atoms with van der Waals surface area (Å²) in [5.74, 6) is -0.739. The Morgan fingerprint density at radius 3 is 2.52 bits per heavy atom. The van der Waals surface area contributed by atoms with E-state index in [2.05, 4.69) is 5.32 Å². The summed E-state index contributed by atoms with van der Waals surface area (Å²) in [7, 11) is -2.31. The van der Waals surface area contributed by atoms with Crippen molar-refractivity contribution in [1.29, 1.82) is 0 Å². The maximum absolute atomic E-state index is 12.8. The molecule has 2 aromatic carbocycles. The minimum absolute atomic E-state index is 0.0118. The molecule has 168 valence electrons. The van der Waals surface area contributed by atoms with E-state index in [-0.39, 0.29) is 34.7 Å². The topological polar surface area (TPSA) is 102 Å². The summed E-state index contributed by atoms with van der Waals surface area (Å²) in [4.78, 5) is 24.1. The third kappa shape index (κ3) is 6.43. The van der Waals surface area contributed by atoms with Crippen molar-refractivity contribution in [2.45, 2.75) is 31.7 Å². The smallest absolute Gasteiger partial charge is 0.344 e. The van der Waals surface area contributed by atoms with Gasteiger partial charge >= 0.3 is 5.97 Å². The van der Waals surface area contributed by atoms with E-state index in [1.165, 1.54) is 35.6 Å². The number of carbonyl (C=O) groups is 2. The molecule has 0 aromatic heterocycles. The highest BCUT2D eigenvalue weighted by atomic mass is 35.5. The summed E-state index contributed by atoms with van der Waals surface area (Å²) in [6.07, 6.45) is 0. The van der Waals surface area contributed by atoms with Gasteiger partial charge in [-0.05, 0) is 51.1 Å². The second-order valence-corrected chi connectivity index (χ2v) is 9.24. The van der Waals surface area contributed by atoms with Gasteiger partial charge in [0.1, 0.15) is 5.75 Å². The van der Waals surface area contributed by atoms with E-state index in [0.29, 0.717) is 11.4 Å². The monoisotopic (exact) mass is 468 g/mol. The summed E-state index contributed by atoms with van der Waals surface area (Å²) in [5.41, 5.74) is 0.396. The van der Waals surface area contributed by atoms with E-state index in [0.717, 1.165) is 0 Å². The van der Waals surface area contributed by atoms with Crippen LogP contribution in [0.3, 0.4) is 0 Å². The van der Waals surface area contributed by atoms with Gasteiger partial charge in [0.15, 0.2) is 6.61 Å². The SMILES string of the molecule is CCOC(=O)COc1cccc(NC(=O)c2cc(S(=O)(=O)N(C)C(C)C)ccc2Cl)c1. The molecule has 1 N–H and O–H groups in total. The average molecular weight is 469 g/mol. The van der Waals surface area contributed by atoms with Gasteiger partial charge in [-0.1, -0.05) is 17.7 Å². The van der Waals surface area contributed by atoms with Crippen LogP contribution in [0.15, 0.2) is 47.4 Å². The van der Waals surface area contributed by atoms with Crippen molar-refractivity contribution in [1.82, 2.24) is 4.31 Å². The van der Waals surface area contributed by atoms with Gasteiger partial charge in [0.05, 0.1) is 22.1 Å². The fourth-order valence-corrected chi connectivity index (χ4v) is 4.09. The molecule has 0 bridgehead atoms. The minimum atomic E-state index is -3.78. The van der Waals surface area contributed by atoms with Crippen molar-refractivity contribution in [3.8, 4) is 5.75 Å². The number of esters is 1. The van der Waals surface area contributed by atoms with Crippen molar-refractivity contribution >= 4 is 39.2 Å². The van der Waals surface area contributed by atoms with Gasteiger partial charge in [0.2, 0.25) is 10.0 Å². The molecule has 0 aliphatic rings. The second kappa shape index (κ2) is 10.6. The molecule has 1 amide bonds. The lowest BCUT2D eigenvalue weighted by molar-refractivity contribution is -0.145. The number of hydrogen-bond donors (Lipinski definition) is 1. The Morgan fingerprint density at radius 2 is 1.87 bits per heavy atom. The lowest BCUT2D eigenvalue weighted by Gasteiger charge is -2.21. The number of sulfonamides is 1. The lowest BCUT2D eigenvalue weighted by Crippen LogP contribution is -2.33. The first-order valence-corrected chi connectivity index (χ1v) is 11.4. The third-order valence-electron chi connectivity index (χ3n) is 4.34. The Morgan fingerprint density at radius 1 is 1.16 bits per heavy atom. The van der Waals surface area contributed by atoms with Gasteiger partial charge in [0, 0.05) is 24.8 Å². The summed E-state index contributed by atoms with van der Waals surface area (Å²) in [6.45, 7) is 5.18. The molecule has 0 aliphatic carbocycles. The van der Waals surface area contributed by atoms with E-state index >= 15 is 0 Å². The van der Waals surface area contributed by atoms with Crippen LogP contribution in [0.5, 0.6) is 5.75 Å². The van der Waals surface area contributed by atoms with E-state index in [9.17, 15) is 18.0 Å². The molecule has 2 aromatic rings. The van der Waals surface area contributed by atoms with E-state index in [1.807, 2.05) is 0 Å². The number of hydrogen-bond acceptors (Lipinski definition) is 6. The molecule has 0 fully saturated rings. The number of benzene rings is 2. The van der Waals surface area contributed by atoms with Gasteiger partial charge < -0.3 is 14.8 Å². The van der Waals surface area contributed by atoms with Crippen molar-refractivity contribution < 1.29 is 27.5 Å². The third-order valence-corrected chi connectivity index (χ3v) is 6.70. The zero-order valence-corrected chi connectivity index (χ0v) is 19.3. The predicted molar refractivity (Wildman–Crippen MR) is 118 cm³/mol. The van der Waals surface area contributed by atoms with Gasteiger partial charge in [-0.15, -0.1) is 0 Å². The Labute approximate surface area is 187 Å². The van der Waals surface area contributed by atoms with Crippen LogP contribution in [0.2, 0.25) is 5.02 Å². The van der Waals surface area contributed by atoms with Crippen LogP contribution in [0.1, 0.15) is 31.1 Å². The van der Waals surface area contributed by atoms with Gasteiger partial charge in [0.25, 0.3) is 5.91 Å². The van der Waals surface area contributed by atoms with E-state index < -0.39 is 21.9 Å². The quantitative estimate of drug-likeness (QED) is 0.564. The maximum Gasteiger partial charge on any atom is 0.344 e. The molecule has 8 nitrogen and oxygen atoms in total. The first kappa shape index (κ1) is 24.6. The van der Waals surface area contributed by atoms with Gasteiger partial charge in [-0.3, -0.25) is 4.79 Å². The largest absolute Gasteiger partial charge is 0.482 e. The summed E-state index contributed by atoms with van der Waals surface area (Å²) < 4.78 is 36.8. The van der Waals surface area contributed by atoms with E-state index in [4.69, 9.17) is 21.1 Å². The number of nitrogens with one attached hydrogen (secondary N) is 1. The first-order chi connectivity index (χ1) is 14.6. The van der Waals surface area contributed by atoms with Crippen LogP contribution in [0.25, 0.3) is 0 Å². The second-order valence-electron chi connectivity index (χ2n) is 6.83. The normalized spacial score (nSPS) is 11.5. The molecule has 2 rings (SSSR count). The van der Waals surface area contributed by atoms with Crippen LogP contribution < -0.4 is 10.1 Å². The number of nitrogens with zero attached hydrogens (tertiary/aromatic N) is 1. The zero-order valence-electron chi connectivity index (χ0n) is 17.7. The summed E-state index contributed by atoms with van der Waals surface area (Å²) in [6, 6.07) is 10.1. The number of rotatable bonds is 9. The Balaban J connectivity index is 2.21. The molecule has 0 saturated heterocycles. The number of ether oxygens (including phenoxy) is 2. The van der Waals surface area contributed by atoms with Crippen LogP contribution in [0, 0.1) is 0 Å². The molecular formula is C21H25ClN2O6S. The van der Waals surface area contributed by atoms with E-state index in [1.54, 1.807) is 39.0 Å². The number of carbonyl (C=O) groups excluding carboxylic acids is 2. The van der Waals surface area contributed by atoms with Crippen LogP contribution in [0.4, 0.5) is 5.69 Å². The molecule has 0 heterocycles. The molecule has 0 unspecified atom stereocenters. The highest BCUT2D eigenvalue weighted by molar-refractivity contribution is 7.89. The lowest BCUT2D eigenvalue weighted by atomic mass is 10.2. The molecule has 0 radical (unpaired) electrons. The molecule has 10 heteroatoms. The zero-order chi connectivity index (χ0) is 23.2. The Kier molecular flexibility index (Phi) is 8.43. The fourth-order valence-electron chi connectivity index (χ4n) is 2.49. The summed E-state index contributed by atoms with van der Waals surface area (Å²) >= 11 is 6.15. The number of halogens is 1. The van der Waals surface area contributed by atoms with Crippen molar-refractivity contribution in [3.63, 3.8) is 0 Å². The van der Waals surface area contributed by atoms with Crippen LogP contribution >= 0.6 is 11.6 Å². The van der Waals surface area contributed by atoms with Crippen molar-refractivity contribution in [2.75, 3.05) is 25.6 Å². The van der Waals surface area contributed by atoms with Crippen molar-refractivity contribution in [2.24, 2.45) is 0 Å². The van der Waals surface area contributed by atoms with Gasteiger partial charge in [-0.2, -0.15) is 4.31 Å².